The molecule has 29 heavy (non-hydrogen) atoms. The van der Waals surface area contributed by atoms with Gasteiger partial charge in [-0.25, -0.2) is 0 Å². The Morgan fingerprint density at radius 1 is 1.07 bits per heavy atom. The zero-order valence-corrected chi connectivity index (χ0v) is 17.1. The van der Waals surface area contributed by atoms with Crippen molar-refractivity contribution in [3.63, 3.8) is 0 Å². The van der Waals surface area contributed by atoms with Crippen LogP contribution < -0.4 is 9.47 Å². The Labute approximate surface area is 171 Å². The highest BCUT2D eigenvalue weighted by Crippen LogP contribution is 2.31. The minimum Gasteiger partial charge on any atom is -0.493 e. The topological polar surface area (TPSA) is 101 Å². The Morgan fingerprint density at radius 2 is 1.86 bits per heavy atom. The average Bonchev–Trinajstić information content (AvgIpc) is 3.39. The van der Waals surface area contributed by atoms with Crippen LogP contribution in [0.15, 0.2) is 34.9 Å². The van der Waals surface area contributed by atoms with E-state index in [0.717, 1.165) is 4.88 Å². The monoisotopic (exact) mass is 416 g/mol. The highest BCUT2D eigenvalue weighted by atomic mass is 32.1. The largest absolute Gasteiger partial charge is 0.493 e. The third-order valence-electron chi connectivity index (χ3n) is 4.04. The van der Waals surface area contributed by atoms with E-state index < -0.39 is 5.97 Å². The molecule has 2 heterocycles. The predicted molar refractivity (Wildman–Crippen MR) is 105 cm³/mol. The summed E-state index contributed by atoms with van der Waals surface area (Å²) in [5.74, 6) is 1.03. The maximum absolute atomic E-state index is 12.0. The highest BCUT2D eigenvalue weighted by Gasteiger charge is 2.15. The molecule has 0 atom stereocenters. The van der Waals surface area contributed by atoms with Crippen LogP contribution >= 0.6 is 11.3 Å². The molecule has 0 amide bonds. The summed E-state index contributed by atoms with van der Waals surface area (Å²) in [7, 11) is 3.08. The van der Waals surface area contributed by atoms with E-state index >= 15 is 0 Å². The van der Waals surface area contributed by atoms with Crippen molar-refractivity contribution in [2.45, 2.75) is 26.4 Å². The molecule has 0 N–H and O–H groups in total. The van der Waals surface area contributed by atoms with Crippen molar-refractivity contribution >= 4 is 23.1 Å². The van der Waals surface area contributed by atoms with Gasteiger partial charge < -0.3 is 18.7 Å². The lowest BCUT2D eigenvalue weighted by molar-refractivity contribution is -0.145. The van der Waals surface area contributed by atoms with Crippen LogP contribution in [-0.2, 0) is 16.1 Å². The fraction of sp³-hybridized carbons (Fsp3) is 0.300. The third-order valence-corrected chi connectivity index (χ3v) is 5.08. The fourth-order valence-corrected chi connectivity index (χ4v) is 3.38. The molecule has 1 aromatic carbocycles. The van der Waals surface area contributed by atoms with Gasteiger partial charge in [0.05, 0.1) is 25.5 Å². The number of carbonyl (C=O) groups excluding carboxylic acids is 2. The van der Waals surface area contributed by atoms with E-state index in [4.69, 9.17) is 18.7 Å². The Bertz CT molecular complexity index is 1010. The van der Waals surface area contributed by atoms with Crippen LogP contribution in [0.5, 0.6) is 11.5 Å². The number of hydrogen-bond acceptors (Lipinski definition) is 9. The van der Waals surface area contributed by atoms with Crippen molar-refractivity contribution in [1.29, 1.82) is 0 Å². The average molecular weight is 416 g/mol. The normalized spacial score (nSPS) is 10.6. The molecule has 0 radical (unpaired) electrons. The predicted octanol–water partition coefficient (Wildman–Crippen LogP) is 3.83. The summed E-state index contributed by atoms with van der Waals surface area (Å²) in [6, 6.07) is 8.86. The standard InChI is InChI=1S/C20H20N2O6S/c1-12-4-8-17(29-12)14(23)6-9-19(24)27-11-18-21-20(22-28-18)13-5-7-15(25-2)16(10-13)26-3/h4-5,7-8,10H,6,9,11H2,1-3H3. The van der Waals surface area contributed by atoms with Crippen LogP contribution in [0.3, 0.4) is 0 Å². The lowest BCUT2D eigenvalue weighted by Gasteiger charge is -2.07. The number of aryl methyl sites for hydroxylation is 1. The first kappa shape index (κ1) is 20.5. The molecule has 3 aromatic rings. The van der Waals surface area contributed by atoms with E-state index in [0.29, 0.717) is 27.8 Å². The van der Waals surface area contributed by atoms with Crippen molar-refractivity contribution in [2.24, 2.45) is 0 Å². The Morgan fingerprint density at radius 3 is 2.55 bits per heavy atom. The van der Waals surface area contributed by atoms with Gasteiger partial charge in [0.2, 0.25) is 5.82 Å². The molecular weight excluding hydrogens is 396 g/mol. The van der Waals surface area contributed by atoms with Gasteiger partial charge in [-0.3, -0.25) is 9.59 Å². The van der Waals surface area contributed by atoms with E-state index in [1.165, 1.54) is 18.4 Å². The maximum Gasteiger partial charge on any atom is 0.306 e. The van der Waals surface area contributed by atoms with Crippen LogP contribution in [0.1, 0.15) is 33.3 Å². The van der Waals surface area contributed by atoms with Gasteiger partial charge in [0.25, 0.3) is 5.89 Å². The molecule has 152 valence electrons. The van der Waals surface area contributed by atoms with Crippen LogP contribution in [0.25, 0.3) is 11.4 Å². The number of methoxy groups -OCH3 is 2. The summed E-state index contributed by atoms with van der Waals surface area (Å²) >= 11 is 1.41. The molecule has 0 aliphatic carbocycles. The number of thiophene rings is 1. The zero-order valence-electron chi connectivity index (χ0n) is 16.3. The second-order valence-corrected chi connectivity index (χ2v) is 7.36. The number of Topliss-reactive ketones (excluding diaryl/α,β-unsaturated/α-hetero) is 1. The molecule has 0 unspecified atom stereocenters. The first-order valence-electron chi connectivity index (χ1n) is 8.80. The van der Waals surface area contributed by atoms with Crippen molar-refractivity contribution in [2.75, 3.05) is 14.2 Å². The summed E-state index contributed by atoms with van der Waals surface area (Å²) in [4.78, 5) is 29.8. The van der Waals surface area contributed by atoms with Crippen LogP contribution in [0.4, 0.5) is 0 Å². The molecule has 3 rings (SSSR count). The summed E-state index contributed by atoms with van der Waals surface area (Å²) in [6.45, 7) is 1.77. The molecule has 0 saturated carbocycles. The highest BCUT2D eigenvalue weighted by molar-refractivity contribution is 7.14. The van der Waals surface area contributed by atoms with Gasteiger partial charge in [-0.2, -0.15) is 4.98 Å². The van der Waals surface area contributed by atoms with E-state index in [1.807, 2.05) is 13.0 Å². The zero-order chi connectivity index (χ0) is 20.8. The molecule has 0 aliphatic rings. The first-order valence-corrected chi connectivity index (χ1v) is 9.62. The van der Waals surface area contributed by atoms with Gasteiger partial charge in [-0.15, -0.1) is 11.3 Å². The molecule has 9 heteroatoms. The minimum absolute atomic E-state index is 0.00749. The number of nitrogens with zero attached hydrogens (tertiary/aromatic N) is 2. The third kappa shape index (κ3) is 5.20. The molecular formula is C20H20N2O6S. The van der Waals surface area contributed by atoms with Crippen molar-refractivity contribution in [3.8, 4) is 22.9 Å². The molecule has 0 aliphatic heterocycles. The lowest BCUT2D eigenvalue weighted by atomic mass is 10.2. The molecule has 2 aromatic heterocycles. The summed E-state index contributed by atoms with van der Waals surface area (Å²) in [6.07, 6.45) is 0.0893. The molecule has 0 fully saturated rings. The maximum atomic E-state index is 12.0. The van der Waals surface area contributed by atoms with Gasteiger partial charge in [0, 0.05) is 16.9 Å². The van der Waals surface area contributed by atoms with Crippen molar-refractivity contribution in [3.05, 3.63) is 46.0 Å². The number of ether oxygens (including phenoxy) is 3. The summed E-state index contributed by atoms with van der Waals surface area (Å²) < 4.78 is 20.7. The number of ketones is 1. The van der Waals surface area contributed by atoms with Crippen molar-refractivity contribution in [1.82, 2.24) is 10.1 Å². The Hall–Kier alpha value is -3.20. The number of benzene rings is 1. The number of rotatable bonds is 9. The molecule has 0 saturated heterocycles. The van der Waals surface area contributed by atoms with Gasteiger partial charge in [-0.1, -0.05) is 5.16 Å². The minimum atomic E-state index is -0.502. The first-order chi connectivity index (χ1) is 14.0. The molecule has 0 spiro atoms. The number of carbonyl (C=O) groups is 2. The summed E-state index contributed by atoms with van der Waals surface area (Å²) in [5.41, 5.74) is 0.667. The van der Waals surface area contributed by atoms with E-state index in [-0.39, 0.29) is 31.1 Å². The number of esters is 1. The summed E-state index contributed by atoms with van der Waals surface area (Å²) in [5, 5.41) is 3.88. The molecule has 8 nitrogen and oxygen atoms in total. The second-order valence-electron chi connectivity index (χ2n) is 6.08. The van der Waals surface area contributed by atoms with E-state index in [2.05, 4.69) is 10.1 Å². The van der Waals surface area contributed by atoms with E-state index in [9.17, 15) is 9.59 Å². The van der Waals surface area contributed by atoms with Crippen LogP contribution in [0.2, 0.25) is 0 Å². The Kier molecular flexibility index (Phi) is 6.61. The fourth-order valence-electron chi connectivity index (χ4n) is 2.54. The second kappa shape index (κ2) is 9.33. The van der Waals surface area contributed by atoms with Gasteiger partial charge in [0.1, 0.15) is 0 Å². The van der Waals surface area contributed by atoms with Crippen molar-refractivity contribution < 1.29 is 28.3 Å². The van der Waals surface area contributed by atoms with Gasteiger partial charge in [0.15, 0.2) is 23.9 Å². The quantitative estimate of drug-likeness (QED) is 0.383. The van der Waals surface area contributed by atoms with Crippen LogP contribution in [-0.4, -0.2) is 36.1 Å². The van der Waals surface area contributed by atoms with Gasteiger partial charge in [-0.05, 0) is 37.3 Å². The number of aromatic nitrogens is 2. The van der Waals surface area contributed by atoms with Crippen LogP contribution in [0, 0.1) is 6.92 Å². The Balaban J connectivity index is 1.52. The number of hydrogen-bond donors (Lipinski definition) is 0. The van der Waals surface area contributed by atoms with Gasteiger partial charge >= 0.3 is 5.97 Å². The van der Waals surface area contributed by atoms with E-state index in [1.54, 1.807) is 31.4 Å². The smallest absolute Gasteiger partial charge is 0.306 e. The lowest BCUT2D eigenvalue weighted by Crippen LogP contribution is -2.07. The SMILES string of the molecule is COc1ccc(-c2noc(COC(=O)CCC(=O)c3ccc(C)s3)n2)cc1OC. The molecule has 0 bridgehead atoms.